The fraction of sp³-hybridized carbons (Fsp3) is 0.294. The lowest BCUT2D eigenvalue weighted by Gasteiger charge is -2.19. The van der Waals surface area contributed by atoms with Gasteiger partial charge in [0, 0.05) is 6.04 Å². The van der Waals surface area contributed by atoms with Gasteiger partial charge in [-0.3, -0.25) is 0 Å². The van der Waals surface area contributed by atoms with Crippen molar-refractivity contribution in [3.05, 3.63) is 54.1 Å². The second-order valence-electron chi connectivity index (χ2n) is 4.75. The molecule has 0 spiro atoms. The predicted octanol–water partition coefficient (Wildman–Crippen LogP) is 4.86. The zero-order chi connectivity index (χ0) is 15.9. The van der Waals surface area contributed by atoms with Gasteiger partial charge in [-0.15, -0.1) is 0 Å². The average Bonchev–Trinajstić information content (AvgIpc) is 2.49. The second-order valence-corrected chi connectivity index (χ2v) is 4.75. The number of nitrogens with one attached hydrogen (secondary N) is 1. The van der Waals surface area contributed by atoms with E-state index in [2.05, 4.69) is 10.1 Å². The highest BCUT2D eigenvalue weighted by Crippen LogP contribution is 2.29. The molecule has 0 amide bonds. The molecular formula is C17H19F2NO2. The molecule has 2 aromatic rings. The molecular weight excluding hydrogens is 288 g/mol. The summed E-state index contributed by atoms with van der Waals surface area (Å²) in [5.74, 6) is 0.913. The van der Waals surface area contributed by atoms with Gasteiger partial charge in [-0.05, 0) is 43.7 Å². The molecule has 2 aromatic carbocycles. The van der Waals surface area contributed by atoms with E-state index in [1.54, 1.807) is 12.1 Å². The number of anilines is 1. The monoisotopic (exact) mass is 307 g/mol. The molecule has 0 fully saturated rings. The Balaban J connectivity index is 2.13. The molecule has 0 saturated heterocycles. The number of benzene rings is 2. The zero-order valence-corrected chi connectivity index (χ0v) is 12.6. The first-order valence-electron chi connectivity index (χ1n) is 7.13. The van der Waals surface area contributed by atoms with Gasteiger partial charge in [0.05, 0.1) is 12.3 Å². The summed E-state index contributed by atoms with van der Waals surface area (Å²) in [4.78, 5) is 0. The SMILES string of the molecule is CCOc1ccccc1NC(C)c1cccc(OC(F)F)c1. The summed E-state index contributed by atoms with van der Waals surface area (Å²) >= 11 is 0. The number of ether oxygens (including phenoxy) is 2. The summed E-state index contributed by atoms with van der Waals surface area (Å²) < 4.78 is 34.6. The smallest absolute Gasteiger partial charge is 0.387 e. The van der Waals surface area contributed by atoms with Crippen molar-refractivity contribution in [2.45, 2.75) is 26.5 Å². The van der Waals surface area contributed by atoms with E-state index in [0.717, 1.165) is 17.0 Å². The van der Waals surface area contributed by atoms with Crippen molar-refractivity contribution in [2.24, 2.45) is 0 Å². The van der Waals surface area contributed by atoms with Crippen LogP contribution in [0.3, 0.4) is 0 Å². The zero-order valence-electron chi connectivity index (χ0n) is 12.6. The van der Waals surface area contributed by atoms with Crippen molar-refractivity contribution >= 4 is 5.69 Å². The maximum atomic E-state index is 12.3. The maximum absolute atomic E-state index is 12.3. The number of hydrogen-bond donors (Lipinski definition) is 1. The number of halogens is 2. The highest BCUT2D eigenvalue weighted by atomic mass is 19.3. The van der Waals surface area contributed by atoms with Gasteiger partial charge in [0.15, 0.2) is 0 Å². The minimum absolute atomic E-state index is 0.0807. The van der Waals surface area contributed by atoms with E-state index in [0.29, 0.717) is 6.61 Å². The average molecular weight is 307 g/mol. The maximum Gasteiger partial charge on any atom is 0.387 e. The van der Waals surface area contributed by atoms with Crippen LogP contribution in [0.2, 0.25) is 0 Å². The van der Waals surface area contributed by atoms with Crippen LogP contribution in [0.5, 0.6) is 11.5 Å². The Morgan fingerprint density at radius 2 is 1.86 bits per heavy atom. The lowest BCUT2D eigenvalue weighted by molar-refractivity contribution is -0.0498. The van der Waals surface area contributed by atoms with Crippen molar-refractivity contribution in [3.8, 4) is 11.5 Å². The molecule has 0 radical (unpaired) electrons. The molecule has 118 valence electrons. The Morgan fingerprint density at radius 1 is 1.09 bits per heavy atom. The summed E-state index contributed by atoms with van der Waals surface area (Å²) in [5, 5.41) is 3.32. The standard InChI is InChI=1S/C17H19F2NO2/c1-3-21-16-10-5-4-9-15(16)20-12(2)13-7-6-8-14(11-13)22-17(18)19/h4-12,17,20H,3H2,1-2H3. The molecule has 0 aliphatic rings. The normalized spacial score (nSPS) is 12.0. The van der Waals surface area contributed by atoms with Crippen LogP contribution in [0.1, 0.15) is 25.5 Å². The van der Waals surface area contributed by atoms with Crippen LogP contribution >= 0.6 is 0 Å². The Morgan fingerprint density at radius 3 is 2.59 bits per heavy atom. The molecule has 0 aliphatic heterocycles. The lowest BCUT2D eigenvalue weighted by Crippen LogP contribution is -2.09. The highest BCUT2D eigenvalue weighted by Gasteiger charge is 2.11. The first-order valence-corrected chi connectivity index (χ1v) is 7.13. The Kier molecular flexibility index (Phi) is 5.58. The van der Waals surface area contributed by atoms with Crippen molar-refractivity contribution in [2.75, 3.05) is 11.9 Å². The van der Waals surface area contributed by atoms with Crippen molar-refractivity contribution in [1.29, 1.82) is 0 Å². The Bertz CT molecular complexity index is 605. The molecule has 0 aliphatic carbocycles. The fourth-order valence-corrected chi connectivity index (χ4v) is 2.14. The summed E-state index contributed by atoms with van der Waals surface area (Å²) in [6.07, 6.45) is 0. The Hall–Kier alpha value is -2.30. The number of para-hydroxylation sites is 2. The van der Waals surface area contributed by atoms with E-state index in [1.165, 1.54) is 6.07 Å². The first-order chi connectivity index (χ1) is 10.6. The molecule has 1 unspecified atom stereocenters. The van der Waals surface area contributed by atoms with Gasteiger partial charge in [0.1, 0.15) is 11.5 Å². The molecule has 22 heavy (non-hydrogen) atoms. The van der Waals surface area contributed by atoms with Gasteiger partial charge in [-0.1, -0.05) is 24.3 Å². The third-order valence-corrected chi connectivity index (χ3v) is 3.14. The molecule has 1 atom stereocenters. The number of alkyl halides is 2. The number of hydrogen-bond acceptors (Lipinski definition) is 3. The summed E-state index contributed by atoms with van der Waals surface area (Å²) in [5.41, 5.74) is 1.71. The van der Waals surface area contributed by atoms with Gasteiger partial charge in [0.25, 0.3) is 0 Å². The fourth-order valence-electron chi connectivity index (χ4n) is 2.14. The number of rotatable bonds is 7. The van der Waals surface area contributed by atoms with Gasteiger partial charge >= 0.3 is 6.61 Å². The van der Waals surface area contributed by atoms with Gasteiger partial charge in [-0.2, -0.15) is 8.78 Å². The van der Waals surface area contributed by atoms with Crippen LogP contribution in [-0.2, 0) is 0 Å². The van der Waals surface area contributed by atoms with E-state index >= 15 is 0 Å². The van der Waals surface area contributed by atoms with E-state index in [1.807, 2.05) is 44.2 Å². The van der Waals surface area contributed by atoms with Crippen molar-refractivity contribution < 1.29 is 18.3 Å². The summed E-state index contributed by atoms with van der Waals surface area (Å²) in [6, 6.07) is 14.2. The highest BCUT2D eigenvalue weighted by molar-refractivity contribution is 5.57. The summed E-state index contributed by atoms with van der Waals surface area (Å²) in [6.45, 7) is 1.62. The van der Waals surface area contributed by atoms with Crippen LogP contribution in [0.25, 0.3) is 0 Å². The lowest BCUT2D eigenvalue weighted by atomic mass is 10.1. The predicted molar refractivity (Wildman–Crippen MR) is 82.7 cm³/mol. The Labute approximate surface area is 128 Å². The molecule has 1 N–H and O–H groups in total. The quantitative estimate of drug-likeness (QED) is 0.792. The van der Waals surface area contributed by atoms with Crippen LogP contribution < -0.4 is 14.8 Å². The first kappa shape index (κ1) is 16.1. The minimum atomic E-state index is -2.82. The summed E-state index contributed by atoms with van der Waals surface area (Å²) in [7, 11) is 0. The van der Waals surface area contributed by atoms with E-state index in [-0.39, 0.29) is 11.8 Å². The molecule has 0 aromatic heterocycles. The van der Waals surface area contributed by atoms with Crippen molar-refractivity contribution in [3.63, 3.8) is 0 Å². The third-order valence-electron chi connectivity index (χ3n) is 3.14. The third kappa shape index (κ3) is 4.35. The van der Waals surface area contributed by atoms with Crippen molar-refractivity contribution in [1.82, 2.24) is 0 Å². The topological polar surface area (TPSA) is 30.5 Å². The van der Waals surface area contributed by atoms with Gasteiger partial charge in [-0.25, -0.2) is 0 Å². The van der Waals surface area contributed by atoms with Crippen LogP contribution in [-0.4, -0.2) is 13.2 Å². The second kappa shape index (κ2) is 7.64. The van der Waals surface area contributed by atoms with Crippen LogP contribution in [0.15, 0.2) is 48.5 Å². The van der Waals surface area contributed by atoms with Gasteiger partial charge < -0.3 is 14.8 Å². The van der Waals surface area contributed by atoms with E-state index in [9.17, 15) is 8.78 Å². The van der Waals surface area contributed by atoms with Crippen LogP contribution in [0, 0.1) is 0 Å². The molecule has 5 heteroatoms. The molecule has 2 rings (SSSR count). The molecule has 0 bridgehead atoms. The largest absolute Gasteiger partial charge is 0.492 e. The molecule has 0 heterocycles. The molecule has 0 saturated carbocycles. The molecule has 3 nitrogen and oxygen atoms in total. The van der Waals surface area contributed by atoms with Crippen LogP contribution in [0.4, 0.5) is 14.5 Å². The van der Waals surface area contributed by atoms with Gasteiger partial charge in [0.2, 0.25) is 0 Å². The minimum Gasteiger partial charge on any atom is -0.492 e. The van der Waals surface area contributed by atoms with E-state index in [4.69, 9.17) is 4.74 Å². The van der Waals surface area contributed by atoms with E-state index < -0.39 is 6.61 Å².